The largest absolute Gasteiger partial charge is 0.384 e. The second-order valence-corrected chi connectivity index (χ2v) is 6.46. The van der Waals surface area contributed by atoms with Gasteiger partial charge in [-0.05, 0) is 48.9 Å². The third-order valence-corrected chi connectivity index (χ3v) is 4.54. The molecule has 0 amide bonds. The Labute approximate surface area is 144 Å². The summed E-state index contributed by atoms with van der Waals surface area (Å²) in [6.07, 6.45) is 0. The molecule has 1 heterocycles. The Morgan fingerprint density at radius 2 is 1.57 bits per heavy atom. The molecule has 1 saturated heterocycles. The summed E-state index contributed by atoms with van der Waals surface area (Å²) in [5.41, 5.74) is 5.15. The van der Waals surface area contributed by atoms with Gasteiger partial charge >= 0.3 is 0 Å². The molecule has 0 bridgehead atoms. The van der Waals surface area contributed by atoms with Gasteiger partial charge in [0.25, 0.3) is 0 Å². The van der Waals surface area contributed by atoms with Crippen LogP contribution in [0.3, 0.4) is 0 Å². The fourth-order valence-electron chi connectivity index (χ4n) is 3.04. The summed E-state index contributed by atoms with van der Waals surface area (Å²) >= 11 is 4.22. The number of aryl methyl sites for hydroxylation is 1. The van der Waals surface area contributed by atoms with E-state index < -0.39 is 0 Å². The third kappa shape index (κ3) is 4.14. The maximum absolute atomic E-state index is 4.22. The van der Waals surface area contributed by atoms with Gasteiger partial charge in [0.15, 0.2) is 0 Å². The molecule has 23 heavy (non-hydrogen) atoms. The first-order valence-corrected chi connectivity index (χ1v) is 8.91. The molecule has 4 heteroatoms. The predicted molar refractivity (Wildman–Crippen MR) is 104 cm³/mol. The minimum Gasteiger partial charge on any atom is -0.384 e. The Balaban J connectivity index is 1.58. The van der Waals surface area contributed by atoms with E-state index in [-0.39, 0.29) is 0 Å². The standard InChI is InChI=1S/C19H25N3S/c1-16-3-2-4-19(15-16)22-12-10-21(11-13-22)18-7-5-17(6-8-18)20-9-14-23/h2-8,15,20,23H,9-14H2,1H3. The number of benzene rings is 2. The molecule has 0 spiro atoms. The summed E-state index contributed by atoms with van der Waals surface area (Å²) in [6.45, 7) is 7.33. The van der Waals surface area contributed by atoms with E-state index in [4.69, 9.17) is 0 Å². The number of piperazine rings is 1. The number of rotatable bonds is 5. The van der Waals surface area contributed by atoms with Crippen molar-refractivity contribution in [1.29, 1.82) is 0 Å². The van der Waals surface area contributed by atoms with Crippen molar-refractivity contribution in [2.24, 2.45) is 0 Å². The van der Waals surface area contributed by atoms with E-state index in [1.54, 1.807) is 0 Å². The molecule has 0 radical (unpaired) electrons. The van der Waals surface area contributed by atoms with Gasteiger partial charge in [0.2, 0.25) is 0 Å². The van der Waals surface area contributed by atoms with E-state index in [0.29, 0.717) is 0 Å². The fourth-order valence-corrected chi connectivity index (χ4v) is 3.15. The lowest BCUT2D eigenvalue weighted by atomic mass is 10.2. The van der Waals surface area contributed by atoms with Gasteiger partial charge in [0.1, 0.15) is 0 Å². The number of hydrogen-bond acceptors (Lipinski definition) is 4. The van der Waals surface area contributed by atoms with Crippen molar-refractivity contribution in [2.45, 2.75) is 6.92 Å². The molecule has 1 N–H and O–H groups in total. The Hall–Kier alpha value is -1.81. The molecule has 2 aromatic rings. The predicted octanol–water partition coefficient (Wildman–Crippen LogP) is 3.66. The van der Waals surface area contributed by atoms with E-state index >= 15 is 0 Å². The Morgan fingerprint density at radius 1 is 0.913 bits per heavy atom. The highest BCUT2D eigenvalue weighted by Crippen LogP contribution is 2.22. The van der Waals surface area contributed by atoms with Gasteiger partial charge in [-0.2, -0.15) is 12.6 Å². The van der Waals surface area contributed by atoms with E-state index in [9.17, 15) is 0 Å². The highest BCUT2D eigenvalue weighted by molar-refractivity contribution is 7.80. The molecule has 0 unspecified atom stereocenters. The molecular formula is C19H25N3S. The van der Waals surface area contributed by atoms with Crippen LogP contribution >= 0.6 is 12.6 Å². The van der Waals surface area contributed by atoms with Crippen LogP contribution in [-0.4, -0.2) is 38.5 Å². The van der Waals surface area contributed by atoms with Crippen molar-refractivity contribution in [3.05, 3.63) is 54.1 Å². The molecule has 122 valence electrons. The summed E-state index contributed by atoms with van der Waals surface area (Å²) < 4.78 is 0. The first kappa shape index (κ1) is 16.1. The average molecular weight is 327 g/mol. The van der Waals surface area contributed by atoms with E-state index in [1.165, 1.54) is 22.6 Å². The lowest BCUT2D eigenvalue weighted by Crippen LogP contribution is -2.46. The zero-order valence-electron chi connectivity index (χ0n) is 13.7. The molecule has 1 fully saturated rings. The summed E-state index contributed by atoms with van der Waals surface area (Å²) in [6, 6.07) is 17.5. The Morgan fingerprint density at radius 3 is 2.17 bits per heavy atom. The highest BCUT2D eigenvalue weighted by atomic mass is 32.1. The quantitative estimate of drug-likeness (QED) is 0.817. The van der Waals surface area contributed by atoms with Crippen molar-refractivity contribution >= 4 is 29.7 Å². The summed E-state index contributed by atoms with van der Waals surface area (Å²) in [7, 11) is 0. The van der Waals surface area contributed by atoms with E-state index in [0.717, 1.165) is 38.5 Å². The SMILES string of the molecule is Cc1cccc(N2CCN(c3ccc(NCCS)cc3)CC2)c1. The van der Waals surface area contributed by atoms with Gasteiger partial charge in [0, 0.05) is 55.5 Å². The highest BCUT2D eigenvalue weighted by Gasteiger charge is 2.17. The van der Waals surface area contributed by atoms with Crippen molar-refractivity contribution < 1.29 is 0 Å². The second-order valence-electron chi connectivity index (χ2n) is 6.01. The zero-order chi connectivity index (χ0) is 16.1. The smallest absolute Gasteiger partial charge is 0.0370 e. The molecule has 1 aliphatic rings. The van der Waals surface area contributed by atoms with Crippen LogP contribution in [0.1, 0.15) is 5.56 Å². The first-order valence-electron chi connectivity index (χ1n) is 8.27. The average Bonchev–Trinajstić information content (AvgIpc) is 2.61. The second kappa shape index (κ2) is 7.64. The van der Waals surface area contributed by atoms with Crippen LogP contribution in [0.5, 0.6) is 0 Å². The lowest BCUT2D eigenvalue weighted by molar-refractivity contribution is 0.653. The van der Waals surface area contributed by atoms with Crippen LogP contribution in [0.25, 0.3) is 0 Å². The van der Waals surface area contributed by atoms with Crippen LogP contribution in [0.15, 0.2) is 48.5 Å². The number of thiol groups is 1. The number of nitrogens with zero attached hydrogens (tertiary/aromatic N) is 2. The van der Waals surface area contributed by atoms with Gasteiger partial charge in [-0.3, -0.25) is 0 Å². The van der Waals surface area contributed by atoms with E-state index in [1.807, 2.05) is 0 Å². The molecule has 0 saturated carbocycles. The first-order chi connectivity index (χ1) is 11.3. The molecule has 0 aliphatic carbocycles. The lowest BCUT2D eigenvalue weighted by Gasteiger charge is -2.37. The summed E-state index contributed by atoms with van der Waals surface area (Å²) in [5.74, 6) is 0.850. The van der Waals surface area contributed by atoms with Gasteiger partial charge in [0.05, 0.1) is 0 Å². The Kier molecular flexibility index (Phi) is 5.34. The van der Waals surface area contributed by atoms with Gasteiger partial charge in [-0.1, -0.05) is 12.1 Å². The van der Waals surface area contributed by atoms with Crippen molar-refractivity contribution in [2.75, 3.05) is 53.6 Å². The van der Waals surface area contributed by atoms with Crippen LogP contribution in [0, 0.1) is 6.92 Å². The van der Waals surface area contributed by atoms with Gasteiger partial charge in [-0.15, -0.1) is 0 Å². The molecule has 2 aromatic carbocycles. The molecule has 3 rings (SSSR count). The van der Waals surface area contributed by atoms with Crippen molar-refractivity contribution in [3.8, 4) is 0 Å². The van der Waals surface area contributed by atoms with Crippen LogP contribution < -0.4 is 15.1 Å². The normalized spacial score (nSPS) is 14.9. The van der Waals surface area contributed by atoms with Crippen LogP contribution in [-0.2, 0) is 0 Å². The maximum atomic E-state index is 4.22. The molecule has 1 aliphatic heterocycles. The topological polar surface area (TPSA) is 18.5 Å². The van der Waals surface area contributed by atoms with Gasteiger partial charge in [-0.25, -0.2) is 0 Å². The summed E-state index contributed by atoms with van der Waals surface area (Å²) in [5, 5.41) is 3.36. The summed E-state index contributed by atoms with van der Waals surface area (Å²) in [4.78, 5) is 4.95. The Bertz CT molecular complexity index is 619. The fraction of sp³-hybridized carbons (Fsp3) is 0.368. The number of nitrogens with one attached hydrogen (secondary N) is 1. The van der Waals surface area contributed by atoms with Crippen molar-refractivity contribution in [1.82, 2.24) is 0 Å². The number of anilines is 3. The van der Waals surface area contributed by atoms with E-state index in [2.05, 4.69) is 83.2 Å². The monoisotopic (exact) mass is 327 g/mol. The molecule has 3 nitrogen and oxygen atoms in total. The van der Waals surface area contributed by atoms with Gasteiger partial charge < -0.3 is 15.1 Å². The minimum absolute atomic E-state index is 0.850. The molecule has 0 atom stereocenters. The zero-order valence-corrected chi connectivity index (χ0v) is 14.6. The van der Waals surface area contributed by atoms with Crippen molar-refractivity contribution in [3.63, 3.8) is 0 Å². The van der Waals surface area contributed by atoms with Crippen LogP contribution in [0.4, 0.5) is 17.1 Å². The molecule has 0 aromatic heterocycles. The minimum atomic E-state index is 0.850. The number of hydrogen-bond donors (Lipinski definition) is 2. The third-order valence-electron chi connectivity index (χ3n) is 4.32. The van der Waals surface area contributed by atoms with Crippen LogP contribution in [0.2, 0.25) is 0 Å². The molecular weight excluding hydrogens is 302 g/mol. The maximum Gasteiger partial charge on any atom is 0.0370 e.